The van der Waals surface area contributed by atoms with Gasteiger partial charge in [0.05, 0.1) is 5.56 Å². The van der Waals surface area contributed by atoms with Gasteiger partial charge in [-0.15, -0.1) is 0 Å². The van der Waals surface area contributed by atoms with Crippen molar-refractivity contribution in [1.29, 1.82) is 5.26 Å². The highest BCUT2D eigenvalue weighted by molar-refractivity contribution is 6.32. The normalized spacial score (nSPS) is 11.9. The summed E-state index contributed by atoms with van der Waals surface area (Å²) >= 11 is 0. The molecule has 2 nitrogen and oxygen atoms in total. The molecule has 0 N–H and O–H groups in total. The Labute approximate surface area is 293 Å². The first-order chi connectivity index (χ1) is 25.2. The van der Waals surface area contributed by atoms with Gasteiger partial charge >= 0.3 is 0 Å². The molecule has 0 unspecified atom stereocenters. The summed E-state index contributed by atoms with van der Waals surface area (Å²) in [5.41, 5.74) is 7.28. The lowest BCUT2D eigenvalue weighted by Crippen LogP contribution is -1.90. The van der Waals surface area contributed by atoms with Crippen molar-refractivity contribution >= 4 is 86.6 Å². The molecule has 0 saturated carbocycles. The van der Waals surface area contributed by atoms with Gasteiger partial charge in [0, 0.05) is 26.9 Å². The SMILES string of the molecule is N#Cc1c2ccccc2c(-c2ccc3cc(-c4ccc5c(c4)c4ccccc4c4c5ccc5c6ccccc6oc54)ccc3c2)c2ccccc12. The van der Waals surface area contributed by atoms with Gasteiger partial charge in [-0.2, -0.15) is 5.26 Å². The summed E-state index contributed by atoms with van der Waals surface area (Å²) in [5.74, 6) is 0. The third-order valence-electron chi connectivity index (χ3n) is 10.8. The Balaban J connectivity index is 1.08. The van der Waals surface area contributed by atoms with Crippen molar-refractivity contribution in [3.63, 3.8) is 0 Å². The molecule has 10 aromatic carbocycles. The largest absolute Gasteiger partial charge is 0.455 e. The highest BCUT2D eigenvalue weighted by Crippen LogP contribution is 2.44. The predicted octanol–water partition coefficient (Wildman–Crippen LogP) is 13.7. The quantitative estimate of drug-likeness (QED) is 0.139. The van der Waals surface area contributed by atoms with Crippen LogP contribution in [0.15, 0.2) is 168 Å². The van der Waals surface area contributed by atoms with Gasteiger partial charge in [-0.25, -0.2) is 0 Å². The highest BCUT2D eigenvalue weighted by atomic mass is 16.3. The first kappa shape index (κ1) is 27.9. The van der Waals surface area contributed by atoms with Crippen LogP contribution in [-0.2, 0) is 0 Å². The van der Waals surface area contributed by atoms with Crippen LogP contribution >= 0.6 is 0 Å². The van der Waals surface area contributed by atoms with Gasteiger partial charge in [0.2, 0.25) is 0 Å². The van der Waals surface area contributed by atoms with E-state index < -0.39 is 0 Å². The van der Waals surface area contributed by atoms with Crippen molar-refractivity contribution in [2.75, 3.05) is 0 Å². The number of rotatable bonds is 2. The van der Waals surface area contributed by atoms with E-state index in [9.17, 15) is 5.26 Å². The van der Waals surface area contributed by atoms with E-state index in [0.717, 1.165) is 54.6 Å². The third kappa shape index (κ3) is 3.98. The average molecular weight is 646 g/mol. The number of hydrogen-bond donors (Lipinski definition) is 0. The number of hydrogen-bond acceptors (Lipinski definition) is 2. The molecule has 11 aromatic rings. The molecule has 234 valence electrons. The zero-order valence-corrected chi connectivity index (χ0v) is 27.4. The Morgan fingerprint density at radius 2 is 0.863 bits per heavy atom. The topological polar surface area (TPSA) is 36.9 Å². The van der Waals surface area contributed by atoms with Gasteiger partial charge in [-0.05, 0) is 101 Å². The van der Waals surface area contributed by atoms with Crippen LogP contribution in [0.3, 0.4) is 0 Å². The number of nitriles is 1. The summed E-state index contributed by atoms with van der Waals surface area (Å²) in [6.45, 7) is 0. The molecule has 0 bridgehead atoms. The molecule has 0 saturated heterocycles. The van der Waals surface area contributed by atoms with Gasteiger partial charge in [0.1, 0.15) is 17.2 Å². The Kier molecular flexibility index (Phi) is 5.77. The van der Waals surface area contributed by atoms with E-state index in [0.29, 0.717) is 0 Å². The van der Waals surface area contributed by atoms with Crippen LogP contribution in [0, 0.1) is 11.3 Å². The van der Waals surface area contributed by atoms with Crippen LogP contribution in [-0.4, -0.2) is 0 Å². The molecule has 2 heteroatoms. The molecule has 0 spiro atoms. The Bertz CT molecular complexity index is 3240. The molecule has 1 heterocycles. The number of furan rings is 1. The molecule has 0 amide bonds. The van der Waals surface area contributed by atoms with E-state index in [1.54, 1.807) is 0 Å². The van der Waals surface area contributed by atoms with Gasteiger partial charge < -0.3 is 4.42 Å². The lowest BCUT2D eigenvalue weighted by Gasteiger charge is -2.15. The number of benzene rings is 10. The first-order valence-electron chi connectivity index (χ1n) is 17.3. The number of para-hydroxylation sites is 1. The predicted molar refractivity (Wildman–Crippen MR) is 214 cm³/mol. The first-order valence-corrected chi connectivity index (χ1v) is 17.3. The molecule has 0 radical (unpaired) electrons. The van der Waals surface area contributed by atoms with Crippen molar-refractivity contribution in [3.8, 4) is 28.3 Å². The van der Waals surface area contributed by atoms with Crippen molar-refractivity contribution in [3.05, 3.63) is 169 Å². The van der Waals surface area contributed by atoms with Gasteiger partial charge in [0.15, 0.2) is 0 Å². The fraction of sp³-hybridized carbons (Fsp3) is 0. The van der Waals surface area contributed by atoms with E-state index in [-0.39, 0.29) is 0 Å². The third-order valence-corrected chi connectivity index (χ3v) is 10.8. The van der Waals surface area contributed by atoms with Crippen LogP contribution in [0.25, 0.3) is 109 Å². The molecular formula is C49H27NO. The minimum absolute atomic E-state index is 0.731. The molecule has 0 fully saturated rings. The van der Waals surface area contributed by atoms with E-state index >= 15 is 0 Å². The summed E-state index contributed by atoms with van der Waals surface area (Å²) in [7, 11) is 0. The lowest BCUT2D eigenvalue weighted by atomic mass is 9.88. The molecule has 0 aliphatic rings. The molecule has 0 atom stereocenters. The van der Waals surface area contributed by atoms with Crippen LogP contribution < -0.4 is 0 Å². The van der Waals surface area contributed by atoms with Crippen LogP contribution in [0.5, 0.6) is 0 Å². The zero-order chi connectivity index (χ0) is 33.6. The molecular weight excluding hydrogens is 619 g/mol. The number of fused-ring (bicyclic) bond motifs is 13. The van der Waals surface area contributed by atoms with E-state index in [1.807, 2.05) is 18.2 Å². The summed E-state index contributed by atoms with van der Waals surface area (Å²) in [6.07, 6.45) is 0. The zero-order valence-electron chi connectivity index (χ0n) is 27.4. The summed E-state index contributed by atoms with van der Waals surface area (Å²) in [5, 5.41) is 26.2. The van der Waals surface area contributed by atoms with Crippen molar-refractivity contribution < 1.29 is 4.42 Å². The Morgan fingerprint density at radius 1 is 0.373 bits per heavy atom. The maximum Gasteiger partial charge on any atom is 0.143 e. The fourth-order valence-electron chi connectivity index (χ4n) is 8.54. The second-order valence-corrected chi connectivity index (χ2v) is 13.5. The lowest BCUT2D eigenvalue weighted by molar-refractivity contribution is 0.673. The Morgan fingerprint density at radius 3 is 1.59 bits per heavy atom. The monoisotopic (exact) mass is 645 g/mol. The molecule has 11 rings (SSSR count). The summed E-state index contributed by atoms with van der Waals surface area (Å²) in [4.78, 5) is 0. The van der Waals surface area contributed by atoms with Gasteiger partial charge in [0.25, 0.3) is 0 Å². The molecule has 51 heavy (non-hydrogen) atoms. The summed E-state index contributed by atoms with van der Waals surface area (Å²) in [6, 6.07) is 61.0. The average Bonchev–Trinajstić information content (AvgIpc) is 3.58. The van der Waals surface area contributed by atoms with E-state index in [2.05, 4.69) is 152 Å². The van der Waals surface area contributed by atoms with Crippen molar-refractivity contribution in [1.82, 2.24) is 0 Å². The standard InChI is InChI=1S/C49H27NO/c50-28-45-35-10-2-4-13-39(35)47(40-14-5-3-11-36(40)45)33-20-19-29-25-30(17-18-31(29)26-33)32-21-22-37-42-23-24-43-38-12-7-8-16-46(38)51-49(43)48(42)41-15-6-1-9-34(41)44(37)27-32/h1-27H. The van der Waals surface area contributed by atoms with Crippen LogP contribution in [0.1, 0.15) is 5.56 Å². The molecule has 0 aliphatic heterocycles. The fourth-order valence-corrected chi connectivity index (χ4v) is 8.54. The highest BCUT2D eigenvalue weighted by Gasteiger charge is 2.18. The maximum absolute atomic E-state index is 10.1. The maximum atomic E-state index is 10.1. The van der Waals surface area contributed by atoms with E-state index in [1.165, 1.54) is 59.8 Å². The molecule has 1 aromatic heterocycles. The molecule has 0 aliphatic carbocycles. The second-order valence-electron chi connectivity index (χ2n) is 13.5. The second kappa shape index (κ2) is 10.5. The van der Waals surface area contributed by atoms with Gasteiger partial charge in [-0.3, -0.25) is 0 Å². The number of nitrogens with zero attached hydrogens (tertiary/aromatic N) is 1. The minimum Gasteiger partial charge on any atom is -0.455 e. The van der Waals surface area contributed by atoms with Crippen LogP contribution in [0.4, 0.5) is 0 Å². The van der Waals surface area contributed by atoms with E-state index in [4.69, 9.17) is 4.42 Å². The minimum atomic E-state index is 0.731. The smallest absolute Gasteiger partial charge is 0.143 e. The van der Waals surface area contributed by atoms with Crippen molar-refractivity contribution in [2.24, 2.45) is 0 Å². The van der Waals surface area contributed by atoms with Crippen LogP contribution in [0.2, 0.25) is 0 Å². The Hall–Kier alpha value is -6.95. The summed E-state index contributed by atoms with van der Waals surface area (Å²) < 4.78 is 6.53. The van der Waals surface area contributed by atoms with Crippen molar-refractivity contribution in [2.45, 2.75) is 0 Å². The van der Waals surface area contributed by atoms with Gasteiger partial charge in [-0.1, -0.05) is 133 Å².